The van der Waals surface area contributed by atoms with Crippen LogP contribution in [-0.2, 0) is 14.8 Å². The van der Waals surface area contributed by atoms with Crippen LogP contribution in [0.15, 0.2) is 0 Å². The van der Waals surface area contributed by atoms with Crippen LogP contribution in [0.3, 0.4) is 0 Å². The zero-order valence-electron chi connectivity index (χ0n) is 9.82. The van der Waals surface area contributed by atoms with E-state index in [4.69, 9.17) is 17.0 Å². The Bertz CT molecular complexity index is 304. The van der Waals surface area contributed by atoms with Gasteiger partial charge in [0.05, 0.1) is 12.4 Å². The predicted octanol–water partition coefficient (Wildman–Crippen LogP) is -1.01. The van der Waals surface area contributed by atoms with Crippen molar-refractivity contribution >= 4 is 27.4 Å². The van der Waals surface area contributed by atoms with Crippen molar-refractivity contribution in [3.63, 3.8) is 0 Å². The normalized spacial score (nSPS) is 11.5. The van der Waals surface area contributed by atoms with Gasteiger partial charge < -0.3 is 15.4 Å². The maximum Gasteiger partial charge on any atom is 0.215 e. The summed E-state index contributed by atoms with van der Waals surface area (Å²) < 4.78 is 28.8. The first kappa shape index (κ1) is 15.6. The van der Waals surface area contributed by atoms with Gasteiger partial charge in [-0.05, 0) is 12.2 Å². The van der Waals surface area contributed by atoms with E-state index in [0.29, 0.717) is 24.8 Å². The van der Waals surface area contributed by atoms with Gasteiger partial charge in [0.1, 0.15) is 0 Å². The Morgan fingerprint density at radius 3 is 2.38 bits per heavy atom. The summed E-state index contributed by atoms with van der Waals surface area (Å²) in [5, 5.41) is 6.13. The first-order chi connectivity index (χ1) is 7.40. The number of rotatable bonds is 7. The van der Waals surface area contributed by atoms with E-state index in [0.717, 1.165) is 0 Å². The molecule has 0 aliphatic rings. The van der Waals surface area contributed by atoms with Crippen molar-refractivity contribution in [2.75, 3.05) is 46.7 Å². The molecule has 0 fully saturated rings. The molecule has 0 heterocycles. The van der Waals surface area contributed by atoms with Crippen LogP contribution in [0.4, 0.5) is 0 Å². The second-order valence-electron chi connectivity index (χ2n) is 3.27. The monoisotopic (exact) mass is 269 g/mol. The number of sulfonamides is 1. The van der Waals surface area contributed by atoms with Gasteiger partial charge in [0, 0.05) is 34.3 Å². The molecule has 0 unspecified atom stereocenters. The minimum atomic E-state index is -3.16. The van der Waals surface area contributed by atoms with Crippen molar-refractivity contribution < 1.29 is 13.2 Å². The molecule has 0 aromatic rings. The molecular weight excluding hydrogens is 250 g/mol. The first-order valence-electron chi connectivity index (χ1n) is 4.81. The maximum atomic E-state index is 11.4. The molecular formula is C8H19N3O3S2. The minimum absolute atomic E-state index is 0.0199. The average molecular weight is 269 g/mol. The number of hydrogen-bond donors (Lipinski definition) is 2. The maximum absolute atomic E-state index is 11.4. The molecule has 0 aliphatic carbocycles. The van der Waals surface area contributed by atoms with Gasteiger partial charge in [0.2, 0.25) is 10.0 Å². The van der Waals surface area contributed by atoms with Crippen molar-refractivity contribution in [1.29, 1.82) is 0 Å². The molecule has 6 nitrogen and oxygen atoms in total. The lowest BCUT2D eigenvalue weighted by molar-refractivity contribution is 0.204. The largest absolute Gasteiger partial charge is 0.383 e. The first-order valence-corrected chi connectivity index (χ1v) is 6.82. The third-order valence-electron chi connectivity index (χ3n) is 1.79. The van der Waals surface area contributed by atoms with E-state index in [1.165, 1.54) is 18.4 Å². The van der Waals surface area contributed by atoms with Crippen molar-refractivity contribution in [2.24, 2.45) is 0 Å². The fraction of sp³-hybridized carbons (Fsp3) is 0.875. The van der Waals surface area contributed by atoms with E-state index < -0.39 is 10.0 Å². The molecule has 0 saturated heterocycles. The van der Waals surface area contributed by atoms with Gasteiger partial charge in [-0.2, -0.15) is 0 Å². The Morgan fingerprint density at radius 2 is 1.88 bits per heavy atom. The molecule has 0 spiro atoms. The van der Waals surface area contributed by atoms with Crippen LogP contribution in [0.5, 0.6) is 0 Å². The average Bonchev–Trinajstić information content (AvgIpc) is 2.17. The van der Waals surface area contributed by atoms with Gasteiger partial charge in [0.25, 0.3) is 0 Å². The van der Waals surface area contributed by atoms with Crippen molar-refractivity contribution in [1.82, 2.24) is 14.9 Å². The lowest BCUT2D eigenvalue weighted by Gasteiger charge is -2.13. The van der Waals surface area contributed by atoms with Crippen molar-refractivity contribution in [3.05, 3.63) is 0 Å². The highest BCUT2D eigenvalue weighted by molar-refractivity contribution is 7.89. The molecule has 0 atom stereocenters. The van der Waals surface area contributed by atoms with E-state index in [9.17, 15) is 8.42 Å². The molecule has 8 heteroatoms. The summed E-state index contributed by atoms with van der Waals surface area (Å²) in [6, 6.07) is 0. The molecule has 0 bridgehead atoms. The summed E-state index contributed by atoms with van der Waals surface area (Å²) >= 11 is 4.94. The van der Waals surface area contributed by atoms with E-state index >= 15 is 0 Å². The summed E-state index contributed by atoms with van der Waals surface area (Å²) in [7, 11) is 1.45. The second-order valence-corrected chi connectivity index (χ2v) is 5.98. The summed E-state index contributed by atoms with van der Waals surface area (Å²) in [6.45, 7) is 1.44. The van der Waals surface area contributed by atoms with Crippen LogP contribution < -0.4 is 10.6 Å². The number of nitrogens with zero attached hydrogens (tertiary/aromatic N) is 1. The number of hydrogen-bond acceptors (Lipinski definition) is 4. The quantitative estimate of drug-likeness (QED) is 0.456. The van der Waals surface area contributed by atoms with E-state index in [-0.39, 0.29) is 5.75 Å². The lowest BCUT2D eigenvalue weighted by Crippen LogP contribution is -2.40. The van der Waals surface area contributed by atoms with Crippen molar-refractivity contribution in [3.8, 4) is 0 Å². The van der Waals surface area contributed by atoms with E-state index in [1.54, 1.807) is 7.11 Å². The Labute approximate surface area is 102 Å². The van der Waals surface area contributed by atoms with Crippen LogP contribution in [0.2, 0.25) is 0 Å². The number of methoxy groups -OCH3 is 1. The van der Waals surface area contributed by atoms with Crippen LogP contribution in [0.25, 0.3) is 0 Å². The topological polar surface area (TPSA) is 70.7 Å². The third-order valence-corrected chi connectivity index (χ3v) is 3.92. The molecule has 0 aromatic carbocycles. The fourth-order valence-electron chi connectivity index (χ4n) is 0.805. The Balaban J connectivity index is 3.70. The summed E-state index contributed by atoms with van der Waals surface area (Å²) in [6.07, 6.45) is 0. The third kappa shape index (κ3) is 6.94. The molecule has 16 heavy (non-hydrogen) atoms. The smallest absolute Gasteiger partial charge is 0.215 e. The SMILES string of the molecule is COCCNC(=S)NCCS(=O)(=O)N(C)C. The zero-order chi connectivity index (χ0) is 12.6. The highest BCUT2D eigenvalue weighted by Crippen LogP contribution is 1.91. The molecule has 96 valence electrons. The Morgan fingerprint density at radius 1 is 1.31 bits per heavy atom. The molecule has 0 aromatic heterocycles. The molecule has 2 N–H and O–H groups in total. The summed E-state index contributed by atoms with van der Waals surface area (Å²) in [4.78, 5) is 0. The predicted molar refractivity (Wildman–Crippen MR) is 68.0 cm³/mol. The minimum Gasteiger partial charge on any atom is -0.383 e. The molecule has 0 aliphatic heterocycles. The molecule has 0 saturated carbocycles. The highest BCUT2D eigenvalue weighted by Gasteiger charge is 2.12. The lowest BCUT2D eigenvalue weighted by atomic mass is 10.6. The van der Waals surface area contributed by atoms with Crippen LogP contribution >= 0.6 is 12.2 Å². The molecule has 0 rings (SSSR count). The van der Waals surface area contributed by atoms with Gasteiger partial charge in [-0.1, -0.05) is 0 Å². The highest BCUT2D eigenvalue weighted by atomic mass is 32.2. The van der Waals surface area contributed by atoms with Gasteiger partial charge in [-0.25, -0.2) is 12.7 Å². The Hall–Kier alpha value is -0.440. The summed E-state index contributed by atoms with van der Waals surface area (Å²) in [5.41, 5.74) is 0. The van der Waals surface area contributed by atoms with E-state index in [1.807, 2.05) is 0 Å². The van der Waals surface area contributed by atoms with E-state index in [2.05, 4.69) is 10.6 Å². The van der Waals surface area contributed by atoms with Gasteiger partial charge in [-0.3, -0.25) is 0 Å². The summed E-state index contributed by atoms with van der Waals surface area (Å²) in [5.74, 6) is 0.0199. The van der Waals surface area contributed by atoms with Gasteiger partial charge in [-0.15, -0.1) is 0 Å². The second kappa shape index (κ2) is 7.77. The molecule has 0 radical (unpaired) electrons. The van der Waals surface area contributed by atoms with Crippen LogP contribution in [0.1, 0.15) is 0 Å². The standard InChI is InChI=1S/C8H19N3O3S2/c1-11(2)16(12,13)7-5-10-8(15)9-4-6-14-3/h4-7H2,1-3H3,(H2,9,10,15). The number of thiocarbonyl (C=S) groups is 1. The van der Waals surface area contributed by atoms with Gasteiger partial charge in [0.15, 0.2) is 5.11 Å². The fourth-order valence-corrected chi connectivity index (χ4v) is 1.73. The van der Waals surface area contributed by atoms with Crippen molar-refractivity contribution in [2.45, 2.75) is 0 Å². The Kier molecular flexibility index (Phi) is 7.56. The zero-order valence-corrected chi connectivity index (χ0v) is 11.4. The number of ether oxygens (including phenoxy) is 1. The number of nitrogens with one attached hydrogen (secondary N) is 2. The van der Waals surface area contributed by atoms with Crippen LogP contribution in [0, 0.1) is 0 Å². The molecule has 0 amide bonds. The van der Waals surface area contributed by atoms with Crippen LogP contribution in [-0.4, -0.2) is 64.5 Å². The van der Waals surface area contributed by atoms with Gasteiger partial charge >= 0.3 is 0 Å².